The lowest BCUT2D eigenvalue weighted by Gasteiger charge is -2.05. The lowest BCUT2D eigenvalue weighted by molar-refractivity contribution is 0.483. The smallest absolute Gasteiger partial charge is 0.206 e. The van der Waals surface area contributed by atoms with Crippen molar-refractivity contribution in [1.82, 2.24) is 0 Å². The van der Waals surface area contributed by atoms with Gasteiger partial charge in [0.15, 0.2) is 0 Å². The first-order chi connectivity index (χ1) is 8.64. The summed E-state index contributed by atoms with van der Waals surface area (Å²) in [7, 11) is -3.45. The van der Waals surface area contributed by atoms with E-state index in [2.05, 4.69) is 6.58 Å². The summed E-state index contributed by atoms with van der Waals surface area (Å²) in [5.41, 5.74) is 0. The fourth-order valence-electron chi connectivity index (χ4n) is 1.53. The summed E-state index contributed by atoms with van der Waals surface area (Å²) in [5, 5.41) is 0. The van der Waals surface area contributed by atoms with Crippen molar-refractivity contribution in [3.8, 4) is 5.75 Å². The highest BCUT2D eigenvalue weighted by Gasteiger charge is 2.16. The molecule has 3 nitrogen and oxygen atoms in total. The molecular formula is C14H12O3S. The molecule has 18 heavy (non-hydrogen) atoms. The second-order valence-electron chi connectivity index (χ2n) is 3.57. The minimum atomic E-state index is -3.45. The monoisotopic (exact) mass is 260 g/mol. The maximum atomic E-state index is 12.2. The number of ether oxygens (including phenoxy) is 1. The van der Waals surface area contributed by atoms with Gasteiger partial charge >= 0.3 is 0 Å². The molecule has 0 aromatic heterocycles. The van der Waals surface area contributed by atoms with Crippen LogP contribution in [-0.2, 0) is 9.84 Å². The van der Waals surface area contributed by atoms with Crippen LogP contribution in [0.5, 0.6) is 5.75 Å². The molecule has 0 amide bonds. The van der Waals surface area contributed by atoms with Gasteiger partial charge in [-0.1, -0.05) is 24.8 Å². The van der Waals surface area contributed by atoms with Gasteiger partial charge in [0.25, 0.3) is 0 Å². The lowest BCUT2D eigenvalue weighted by Crippen LogP contribution is -2.01. The predicted octanol–water partition coefficient (Wildman–Crippen LogP) is 3.04. The van der Waals surface area contributed by atoms with Crippen molar-refractivity contribution >= 4 is 9.84 Å². The summed E-state index contributed by atoms with van der Waals surface area (Å²) in [5.74, 6) is 0.553. The molecule has 0 atom stereocenters. The van der Waals surface area contributed by atoms with Gasteiger partial charge in [0.2, 0.25) is 9.84 Å². The molecule has 0 spiro atoms. The number of rotatable bonds is 4. The molecule has 92 valence electrons. The molecule has 0 aliphatic heterocycles. The Labute approximate surface area is 106 Å². The molecular weight excluding hydrogens is 248 g/mol. The van der Waals surface area contributed by atoms with Gasteiger partial charge in [0.05, 0.1) is 16.1 Å². The summed E-state index contributed by atoms with van der Waals surface area (Å²) < 4.78 is 29.5. The van der Waals surface area contributed by atoms with Crippen LogP contribution in [0.25, 0.3) is 0 Å². The molecule has 0 saturated heterocycles. The van der Waals surface area contributed by atoms with E-state index in [1.54, 1.807) is 42.5 Å². The standard InChI is InChI=1S/C14H12O3S/c1-2-17-12-8-10-14(11-9-12)18(15,16)13-6-4-3-5-7-13/h2-11H,1H2. The first-order valence-electron chi connectivity index (χ1n) is 5.32. The summed E-state index contributed by atoms with van der Waals surface area (Å²) in [6.45, 7) is 3.43. The average Bonchev–Trinajstić information content (AvgIpc) is 2.41. The maximum absolute atomic E-state index is 12.2. The number of benzene rings is 2. The first kappa shape index (κ1) is 12.4. The fraction of sp³-hybridized carbons (Fsp3) is 0. The Morgan fingerprint density at radius 3 is 2.00 bits per heavy atom. The van der Waals surface area contributed by atoms with E-state index in [-0.39, 0.29) is 9.79 Å². The van der Waals surface area contributed by atoms with Crippen molar-refractivity contribution < 1.29 is 13.2 Å². The molecule has 0 heterocycles. The summed E-state index contributed by atoms with van der Waals surface area (Å²) in [6.07, 6.45) is 1.29. The van der Waals surface area contributed by atoms with E-state index >= 15 is 0 Å². The van der Waals surface area contributed by atoms with Gasteiger partial charge in [-0.05, 0) is 36.4 Å². The third-order valence-corrected chi connectivity index (χ3v) is 4.19. The Hall–Kier alpha value is -2.07. The Morgan fingerprint density at radius 1 is 0.889 bits per heavy atom. The van der Waals surface area contributed by atoms with Gasteiger partial charge in [-0.3, -0.25) is 0 Å². The van der Waals surface area contributed by atoms with E-state index in [4.69, 9.17) is 4.74 Å². The SMILES string of the molecule is C=COc1ccc(S(=O)(=O)c2ccccc2)cc1. The lowest BCUT2D eigenvalue weighted by atomic mass is 10.3. The number of hydrogen-bond acceptors (Lipinski definition) is 3. The zero-order valence-corrected chi connectivity index (χ0v) is 10.4. The van der Waals surface area contributed by atoms with Crippen LogP contribution in [0.1, 0.15) is 0 Å². The zero-order valence-electron chi connectivity index (χ0n) is 9.61. The molecule has 0 aliphatic carbocycles. The molecule has 0 fully saturated rings. The zero-order chi connectivity index (χ0) is 13.0. The van der Waals surface area contributed by atoms with E-state index in [9.17, 15) is 8.42 Å². The molecule has 0 radical (unpaired) electrons. The van der Waals surface area contributed by atoms with E-state index in [1.165, 1.54) is 18.4 Å². The van der Waals surface area contributed by atoms with E-state index < -0.39 is 9.84 Å². The van der Waals surface area contributed by atoms with Gasteiger partial charge in [-0.15, -0.1) is 0 Å². The predicted molar refractivity (Wildman–Crippen MR) is 69.2 cm³/mol. The van der Waals surface area contributed by atoms with E-state index in [1.807, 2.05) is 0 Å². The van der Waals surface area contributed by atoms with Gasteiger partial charge in [-0.2, -0.15) is 0 Å². The molecule has 2 aromatic rings. The van der Waals surface area contributed by atoms with Crippen LogP contribution < -0.4 is 4.74 Å². The summed E-state index contributed by atoms with van der Waals surface area (Å²) >= 11 is 0. The Bertz CT molecular complexity index is 628. The summed E-state index contributed by atoms with van der Waals surface area (Å²) in [6, 6.07) is 14.5. The molecule has 2 aromatic carbocycles. The second-order valence-corrected chi connectivity index (χ2v) is 5.52. The Morgan fingerprint density at radius 2 is 1.44 bits per heavy atom. The van der Waals surface area contributed by atoms with Crippen LogP contribution in [-0.4, -0.2) is 8.42 Å². The minimum absolute atomic E-state index is 0.241. The summed E-state index contributed by atoms with van der Waals surface area (Å²) in [4.78, 5) is 0.521. The van der Waals surface area contributed by atoms with Gasteiger partial charge < -0.3 is 4.74 Å². The minimum Gasteiger partial charge on any atom is -0.466 e. The second kappa shape index (κ2) is 5.06. The van der Waals surface area contributed by atoms with Crippen LogP contribution in [0, 0.1) is 0 Å². The Balaban J connectivity index is 2.39. The Kier molecular flexibility index (Phi) is 3.48. The molecule has 0 saturated carbocycles. The third kappa shape index (κ3) is 2.43. The number of sulfone groups is 1. The van der Waals surface area contributed by atoms with Crippen LogP contribution in [0.15, 0.2) is 77.2 Å². The molecule has 4 heteroatoms. The van der Waals surface area contributed by atoms with Crippen molar-refractivity contribution in [2.75, 3.05) is 0 Å². The maximum Gasteiger partial charge on any atom is 0.206 e. The highest BCUT2D eigenvalue weighted by molar-refractivity contribution is 7.91. The highest BCUT2D eigenvalue weighted by atomic mass is 32.2. The van der Waals surface area contributed by atoms with Crippen LogP contribution >= 0.6 is 0 Å². The van der Waals surface area contributed by atoms with Crippen LogP contribution in [0.3, 0.4) is 0 Å². The largest absolute Gasteiger partial charge is 0.466 e. The molecule has 0 aliphatic rings. The van der Waals surface area contributed by atoms with E-state index in [0.29, 0.717) is 5.75 Å². The first-order valence-corrected chi connectivity index (χ1v) is 6.80. The van der Waals surface area contributed by atoms with Crippen molar-refractivity contribution in [2.24, 2.45) is 0 Å². The van der Waals surface area contributed by atoms with Crippen LogP contribution in [0.4, 0.5) is 0 Å². The van der Waals surface area contributed by atoms with Crippen molar-refractivity contribution in [3.63, 3.8) is 0 Å². The normalized spacial score (nSPS) is 10.9. The van der Waals surface area contributed by atoms with Gasteiger partial charge in [0.1, 0.15) is 5.75 Å². The quantitative estimate of drug-likeness (QED) is 0.793. The highest BCUT2D eigenvalue weighted by Crippen LogP contribution is 2.22. The molecule has 0 bridgehead atoms. The topological polar surface area (TPSA) is 43.4 Å². The average molecular weight is 260 g/mol. The van der Waals surface area contributed by atoms with Gasteiger partial charge in [0, 0.05) is 0 Å². The van der Waals surface area contributed by atoms with Crippen LogP contribution in [0.2, 0.25) is 0 Å². The third-order valence-electron chi connectivity index (χ3n) is 2.41. The van der Waals surface area contributed by atoms with Crippen molar-refractivity contribution in [1.29, 1.82) is 0 Å². The molecule has 0 unspecified atom stereocenters. The van der Waals surface area contributed by atoms with Crippen molar-refractivity contribution in [2.45, 2.75) is 9.79 Å². The number of hydrogen-bond donors (Lipinski definition) is 0. The van der Waals surface area contributed by atoms with E-state index in [0.717, 1.165) is 0 Å². The molecule has 2 rings (SSSR count). The molecule has 0 N–H and O–H groups in total. The van der Waals surface area contributed by atoms with Gasteiger partial charge in [-0.25, -0.2) is 8.42 Å². The fourth-order valence-corrected chi connectivity index (χ4v) is 2.81. The van der Waals surface area contributed by atoms with Crippen molar-refractivity contribution in [3.05, 3.63) is 67.4 Å².